The van der Waals surface area contributed by atoms with Gasteiger partial charge in [-0.3, -0.25) is 0 Å². The lowest BCUT2D eigenvalue weighted by atomic mass is 9.89. The molecule has 1 aromatic carbocycles. The molecule has 0 saturated carbocycles. The van der Waals surface area contributed by atoms with E-state index in [4.69, 9.17) is 11.6 Å². The molecule has 90 valence electrons. The summed E-state index contributed by atoms with van der Waals surface area (Å²) in [7, 11) is 2.01. The van der Waals surface area contributed by atoms with Gasteiger partial charge in [0.1, 0.15) is 0 Å². The van der Waals surface area contributed by atoms with E-state index in [2.05, 4.69) is 41.2 Å². The SMILES string of the molecule is CCC(CC)C(NC)c1cc(Cl)cc(Br)c1. The summed E-state index contributed by atoms with van der Waals surface area (Å²) in [5.74, 6) is 0.648. The highest BCUT2D eigenvalue weighted by Gasteiger charge is 2.19. The molecular formula is C13H19BrClN. The molecule has 0 spiro atoms. The quantitative estimate of drug-likeness (QED) is 0.824. The third kappa shape index (κ3) is 3.47. The Morgan fingerprint density at radius 1 is 1.25 bits per heavy atom. The van der Waals surface area contributed by atoms with Crippen molar-refractivity contribution in [2.75, 3.05) is 7.05 Å². The molecule has 0 heterocycles. The summed E-state index contributed by atoms with van der Waals surface area (Å²) in [4.78, 5) is 0. The van der Waals surface area contributed by atoms with Gasteiger partial charge in [-0.1, -0.05) is 54.2 Å². The fourth-order valence-corrected chi connectivity index (χ4v) is 3.08. The van der Waals surface area contributed by atoms with Gasteiger partial charge in [0, 0.05) is 15.5 Å². The molecule has 1 rings (SSSR count). The van der Waals surface area contributed by atoms with E-state index in [0.29, 0.717) is 12.0 Å². The van der Waals surface area contributed by atoms with Crippen molar-refractivity contribution in [1.82, 2.24) is 5.32 Å². The van der Waals surface area contributed by atoms with Crippen LogP contribution in [0.5, 0.6) is 0 Å². The maximum Gasteiger partial charge on any atom is 0.0420 e. The molecule has 0 aliphatic rings. The number of hydrogen-bond acceptors (Lipinski definition) is 1. The van der Waals surface area contributed by atoms with E-state index in [1.165, 1.54) is 18.4 Å². The van der Waals surface area contributed by atoms with Crippen molar-refractivity contribution >= 4 is 27.5 Å². The van der Waals surface area contributed by atoms with Crippen molar-refractivity contribution in [3.63, 3.8) is 0 Å². The lowest BCUT2D eigenvalue weighted by molar-refractivity contribution is 0.359. The summed E-state index contributed by atoms with van der Waals surface area (Å²) in [6, 6.07) is 6.49. The fourth-order valence-electron chi connectivity index (χ4n) is 2.19. The lowest BCUT2D eigenvalue weighted by Crippen LogP contribution is -2.24. The van der Waals surface area contributed by atoms with E-state index in [1.54, 1.807) is 0 Å². The molecule has 1 nitrogen and oxygen atoms in total. The van der Waals surface area contributed by atoms with Crippen LogP contribution in [0, 0.1) is 5.92 Å². The molecule has 0 saturated heterocycles. The molecule has 0 fully saturated rings. The van der Waals surface area contributed by atoms with Gasteiger partial charge in [0.05, 0.1) is 0 Å². The van der Waals surface area contributed by atoms with E-state index in [1.807, 2.05) is 19.2 Å². The van der Waals surface area contributed by atoms with Crippen LogP contribution in [0.2, 0.25) is 5.02 Å². The summed E-state index contributed by atoms with van der Waals surface area (Å²) >= 11 is 9.58. The van der Waals surface area contributed by atoms with Crippen LogP contribution >= 0.6 is 27.5 Å². The average Bonchev–Trinajstić information content (AvgIpc) is 2.24. The Kier molecular flexibility index (Phi) is 5.81. The van der Waals surface area contributed by atoms with Gasteiger partial charge in [-0.2, -0.15) is 0 Å². The molecule has 1 N–H and O–H groups in total. The minimum Gasteiger partial charge on any atom is -0.313 e. The summed E-state index contributed by atoms with van der Waals surface area (Å²) in [5, 5.41) is 4.18. The first-order chi connectivity index (χ1) is 7.62. The van der Waals surface area contributed by atoms with Crippen LogP contribution in [-0.2, 0) is 0 Å². The predicted molar refractivity (Wildman–Crippen MR) is 75.0 cm³/mol. The van der Waals surface area contributed by atoms with Crippen molar-refractivity contribution in [3.05, 3.63) is 33.3 Å². The average molecular weight is 305 g/mol. The van der Waals surface area contributed by atoms with Gasteiger partial charge < -0.3 is 5.32 Å². The molecule has 0 bridgehead atoms. The second kappa shape index (κ2) is 6.63. The Bertz CT molecular complexity index is 316. The Hall–Kier alpha value is -0.0500. The smallest absolute Gasteiger partial charge is 0.0420 e. The zero-order valence-corrected chi connectivity index (χ0v) is 12.4. The minimum absolute atomic E-state index is 0.380. The molecule has 0 aliphatic heterocycles. The number of benzene rings is 1. The molecule has 0 radical (unpaired) electrons. The van der Waals surface area contributed by atoms with Crippen LogP contribution in [0.25, 0.3) is 0 Å². The lowest BCUT2D eigenvalue weighted by Gasteiger charge is -2.25. The van der Waals surface area contributed by atoms with Crippen LogP contribution in [0.15, 0.2) is 22.7 Å². The van der Waals surface area contributed by atoms with Crippen molar-refractivity contribution < 1.29 is 0 Å². The van der Waals surface area contributed by atoms with Gasteiger partial charge in [-0.05, 0) is 36.7 Å². The maximum absolute atomic E-state index is 6.08. The molecule has 1 unspecified atom stereocenters. The van der Waals surface area contributed by atoms with E-state index in [9.17, 15) is 0 Å². The molecular weight excluding hydrogens is 286 g/mol. The second-order valence-electron chi connectivity index (χ2n) is 4.05. The van der Waals surface area contributed by atoms with Gasteiger partial charge in [0.15, 0.2) is 0 Å². The zero-order chi connectivity index (χ0) is 12.1. The van der Waals surface area contributed by atoms with E-state index < -0.39 is 0 Å². The molecule has 0 aromatic heterocycles. The molecule has 0 amide bonds. The van der Waals surface area contributed by atoms with Crippen LogP contribution < -0.4 is 5.32 Å². The van der Waals surface area contributed by atoms with Crippen LogP contribution in [-0.4, -0.2) is 7.05 Å². The van der Waals surface area contributed by atoms with Gasteiger partial charge in [-0.15, -0.1) is 0 Å². The first kappa shape index (κ1) is 14.0. The van der Waals surface area contributed by atoms with Crippen molar-refractivity contribution in [2.24, 2.45) is 5.92 Å². The normalized spacial score (nSPS) is 13.1. The number of nitrogens with one attached hydrogen (secondary N) is 1. The topological polar surface area (TPSA) is 12.0 Å². The Morgan fingerprint density at radius 3 is 2.31 bits per heavy atom. The first-order valence-corrected chi connectivity index (χ1v) is 6.92. The first-order valence-electron chi connectivity index (χ1n) is 5.75. The Labute approximate surface area is 112 Å². The van der Waals surface area contributed by atoms with Crippen LogP contribution in [0.3, 0.4) is 0 Å². The highest BCUT2D eigenvalue weighted by atomic mass is 79.9. The number of halogens is 2. The van der Waals surface area contributed by atoms with Crippen molar-refractivity contribution in [3.8, 4) is 0 Å². The Balaban J connectivity index is 3.02. The second-order valence-corrected chi connectivity index (χ2v) is 5.40. The standard InChI is InChI=1S/C13H19BrClN/c1-4-9(5-2)13(16-3)10-6-11(14)8-12(15)7-10/h6-9,13,16H,4-5H2,1-3H3. The van der Waals surface area contributed by atoms with E-state index in [-0.39, 0.29) is 0 Å². The van der Waals surface area contributed by atoms with E-state index in [0.717, 1.165) is 9.50 Å². The third-order valence-electron chi connectivity index (χ3n) is 3.08. The van der Waals surface area contributed by atoms with Crippen molar-refractivity contribution in [2.45, 2.75) is 32.7 Å². The summed E-state index contributed by atoms with van der Waals surface area (Å²) in [5.41, 5.74) is 1.26. The molecule has 1 atom stereocenters. The number of hydrogen-bond donors (Lipinski definition) is 1. The highest BCUT2D eigenvalue weighted by molar-refractivity contribution is 9.10. The highest BCUT2D eigenvalue weighted by Crippen LogP contribution is 2.30. The van der Waals surface area contributed by atoms with E-state index >= 15 is 0 Å². The zero-order valence-electron chi connectivity index (χ0n) is 10.1. The summed E-state index contributed by atoms with van der Waals surface area (Å²) in [6.07, 6.45) is 2.35. The fraction of sp³-hybridized carbons (Fsp3) is 0.538. The van der Waals surface area contributed by atoms with Gasteiger partial charge in [0.25, 0.3) is 0 Å². The number of rotatable bonds is 5. The van der Waals surface area contributed by atoms with Crippen LogP contribution in [0.4, 0.5) is 0 Å². The maximum atomic E-state index is 6.08. The Morgan fingerprint density at radius 2 is 1.88 bits per heavy atom. The van der Waals surface area contributed by atoms with Gasteiger partial charge in [0.2, 0.25) is 0 Å². The molecule has 16 heavy (non-hydrogen) atoms. The molecule has 0 aliphatic carbocycles. The largest absolute Gasteiger partial charge is 0.313 e. The third-order valence-corrected chi connectivity index (χ3v) is 3.75. The summed E-state index contributed by atoms with van der Waals surface area (Å²) < 4.78 is 1.04. The van der Waals surface area contributed by atoms with Gasteiger partial charge in [-0.25, -0.2) is 0 Å². The monoisotopic (exact) mass is 303 g/mol. The van der Waals surface area contributed by atoms with Crippen LogP contribution in [0.1, 0.15) is 38.3 Å². The van der Waals surface area contributed by atoms with Crippen molar-refractivity contribution in [1.29, 1.82) is 0 Å². The summed E-state index contributed by atoms with van der Waals surface area (Å²) in [6.45, 7) is 4.47. The van der Waals surface area contributed by atoms with Gasteiger partial charge >= 0.3 is 0 Å². The molecule has 1 aromatic rings. The minimum atomic E-state index is 0.380. The predicted octanol–water partition coefficient (Wildman–Crippen LogP) is 4.80. The molecule has 3 heteroatoms.